The van der Waals surface area contributed by atoms with E-state index in [1.165, 1.54) is 12.1 Å². The lowest BCUT2D eigenvalue weighted by molar-refractivity contribution is 0.0949. The standard InChI is InChI=1S/C17H19N5O3S/c1-3-19-26(24,25)13-8-7-12(2)14(10-13)17(23)18-11-16-21-20-15-6-4-5-9-22(15)16/h4-10,19H,3,11H2,1-2H3,(H,18,23). The van der Waals surface area contributed by atoms with E-state index in [2.05, 4.69) is 20.2 Å². The first-order chi connectivity index (χ1) is 12.4. The van der Waals surface area contributed by atoms with Gasteiger partial charge >= 0.3 is 0 Å². The van der Waals surface area contributed by atoms with Gasteiger partial charge in [0.15, 0.2) is 11.5 Å². The first kappa shape index (κ1) is 18.0. The van der Waals surface area contributed by atoms with Crippen LogP contribution in [0.5, 0.6) is 0 Å². The van der Waals surface area contributed by atoms with Crippen molar-refractivity contribution in [1.82, 2.24) is 24.6 Å². The first-order valence-corrected chi connectivity index (χ1v) is 9.58. The molecule has 3 aromatic rings. The normalized spacial score (nSPS) is 11.6. The van der Waals surface area contributed by atoms with Gasteiger partial charge in [-0.25, -0.2) is 13.1 Å². The van der Waals surface area contributed by atoms with Crippen LogP contribution < -0.4 is 10.0 Å². The number of rotatable bonds is 6. The highest BCUT2D eigenvalue weighted by Gasteiger charge is 2.17. The van der Waals surface area contributed by atoms with Crippen molar-refractivity contribution < 1.29 is 13.2 Å². The summed E-state index contributed by atoms with van der Waals surface area (Å²) >= 11 is 0. The largest absolute Gasteiger partial charge is 0.345 e. The predicted molar refractivity (Wildman–Crippen MR) is 96.2 cm³/mol. The van der Waals surface area contributed by atoms with E-state index in [0.29, 0.717) is 22.6 Å². The first-order valence-electron chi connectivity index (χ1n) is 8.09. The SMILES string of the molecule is CCNS(=O)(=O)c1ccc(C)c(C(=O)NCc2nnc3ccccn23)c1. The van der Waals surface area contributed by atoms with E-state index >= 15 is 0 Å². The molecule has 2 N–H and O–H groups in total. The van der Waals surface area contributed by atoms with Gasteiger partial charge in [0.05, 0.1) is 11.4 Å². The highest BCUT2D eigenvalue weighted by molar-refractivity contribution is 7.89. The van der Waals surface area contributed by atoms with E-state index in [9.17, 15) is 13.2 Å². The van der Waals surface area contributed by atoms with Crippen LogP contribution in [0, 0.1) is 6.92 Å². The Kier molecular flexibility index (Phi) is 5.01. The highest BCUT2D eigenvalue weighted by atomic mass is 32.2. The summed E-state index contributed by atoms with van der Waals surface area (Å²) in [5.41, 5.74) is 1.67. The van der Waals surface area contributed by atoms with Crippen molar-refractivity contribution in [3.63, 3.8) is 0 Å². The summed E-state index contributed by atoms with van der Waals surface area (Å²) in [6.07, 6.45) is 1.81. The number of carbonyl (C=O) groups is 1. The number of nitrogens with one attached hydrogen (secondary N) is 2. The number of fused-ring (bicyclic) bond motifs is 1. The summed E-state index contributed by atoms with van der Waals surface area (Å²) < 4.78 is 28.5. The number of benzene rings is 1. The van der Waals surface area contributed by atoms with Gasteiger partial charge in [0.1, 0.15) is 0 Å². The molecule has 8 nitrogen and oxygen atoms in total. The zero-order valence-corrected chi connectivity index (χ0v) is 15.2. The Balaban J connectivity index is 1.81. The van der Waals surface area contributed by atoms with Crippen LogP contribution in [0.2, 0.25) is 0 Å². The van der Waals surface area contributed by atoms with E-state index in [-0.39, 0.29) is 23.9 Å². The number of aromatic nitrogens is 3. The summed E-state index contributed by atoms with van der Waals surface area (Å²) in [5.74, 6) is 0.215. The molecule has 0 aliphatic rings. The molecule has 0 spiro atoms. The molecule has 0 atom stereocenters. The number of sulfonamides is 1. The van der Waals surface area contributed by atoms with Gasteiger partial charge in [-0.2, -0.15) is 0 Å². The lowest BCUT2D eigenvalue weighted by Gasteiger charge is -2.10. The molecular formula is C17H19N5O3S. The number of aryl methyl sites for hydroxylation is 1. The van der Waals surface area contributed by atoms with Crippen molar-refractivity contribution in [1.29, 1.82) is 0 Å². The van der Waals surface area contributed by atoms with Crippen LogP contribution >= 0.6 is 0 Å². The van der Waals surface area contributed by atoms with Crippen molar-refractivity contribution in [3.05, 3.63) is 59.5 Å². The second kappa shape index (κ2) is 7.22. The summed E-state index contributed by atoms with van der Waals surface area (Å²) in [7, 11) is -3.63. The van der Waals surface area contributed by atoms with Crippen molar-refractivity contribution in [3.8, 4) is 0 Å². The third-order valence-electron chi connectivity index (χ3n) is 3.89. The van der Waals surface area contributed by atoms with E-state index in [1.807, 2.05) is 24.4 Å². The fourth-order valence-electron chi connectivity index (χ4n) is 2.55. The molecule has 2 aromatic heterocycles. The van der Waals surface area contributed by atoms with Crippen LogP contribution in [-0.4, -0.2) is 35.5 Å². The molecule has 1 aromatic carbocycles. The van der Waals surface area contributed by atoms with E-state index < -0.39 is 10.0 Å². The quantitative estimate of drug-likeness (QED) is 0.677. The van der Waals surface area contributed by atoms with Gasteiger partial charge in [-0.15, -0.1) is 10.2 Å². The zero-order chi connectivity index (χ0) is 18.7. The maximum atomic E-state index is 12.6. The van der Waals surface area contributed by atoms with Gasteiger partial charge in [-0.05, 0) is 36.8 Å². The molecule has 0 bridgehead atoms. The Hall–Kier alpha value is -2.78. The Labute approximate surface area is 151 Å². The monoisotopic (exact) mass is 373 g/mol. The maximum absolute atomic E-state index is 12.6. The molecule has 0 fully saturated rings. The smallest absolute Gasteiger partial charge is 0.251 e. The minimum Gasteiger partial charge on any atom is -0.345 e. The average Bonchev–Trinajstić information content (AvgIpc) is 3.03. The topological polar surface area (TPSA) is 105 Å². The number of hydrogen-bond donors (Lipinski definition) is 2. The summed E-state index contributed by atoms with van der Waals surface area (Å²) in [4.78, 5) is 12.6. The number of nitrogens with zero attached hydrogens (tertiary/aromatic N) is 3. The van der Waals surface area contributed by atoms with Crippen LogP contribution in [0.25, 0.3) is 5.65 Å². The lowest BCUT2D eigenvalue weighted by atomic mass is 10.1. The van der Waals surface area contributed by atoms with E-state index in [4.69, 9.17) is 0 Å². The van der Waals surface area contributed by atoms with Crippen LogP contribution in [0.4, 0.5) is 0 Å². The second-order valence-corrected chi connectivity index (χ2v) is 7.47. The summed E-state index contributed by atoms with van der Waals surface area (Å²) in [6, 6.07) is 10.00. The van der Waals surface area contributed by atoms with Crippen molar-refractivity contribution >= 4 is 21.6 Å². The Morgan fingerprint density at radius 1 is 1.19 bits per heavy atom. The Morgan fingerprint density at radius 3 is 2.77 bits per heavy atom. The second-order valence-electron chi connectivity index (χ2n) is 5.71. The zero-order valence-electron chi connectivity index (χ0n) is 14.4. The Bertz CT molecular complexity index is 1060. The number of carbonyl (C=O) groups excluding carboxylic acids is 1. The van der Waals surface area contributed by atoms with E-state index in [1.54, 1.807) is 24.3 Å². The van der Waals surface area contributed by atoms with Gasteiger partial charge in [-0.3, -0.25) is 9.20 Å². The number of amides is 1. The minimum atomic E-state index is -3.63. The molecule has 9 heteroatoms. The molecule has 0 aliphatic heterocycles. The summed E-state index contributed by atoms with van der Waals surface area (Å²) in [6.45, 7) is 3.90. The van der Waals surface area contributed by atoms with Crippen LogP contribution in [0.15, 0.2) is 47.5 Å². The van der Waals surface area contributed by atoms with Crippen LogP contribution in [0.3, 0.4) is 0 Å². The number of pyridine rings is 1. The molecule has 0 saturated carbocycles. The highest BCUT2D eigenvalue weighted by Crippen LogP contribution is 2.16. The van der Waals surface area contributed by atoms with Gasteiger partial charge < -0.3 is 5.32 Å². The predicted octanol–water partition coefficient (Wildman–Crippen LogP) is 1.27. The molecular weight excluding hydrogens is 354 g/mol. The van der Waals surface area contributed by atoms with Gasteiger partial charge in [-0.1, -0.05) is 19.1 Å². The molecule has 26 heavy (non-hydrogen) atoms. The maximum Gasteiger partial charge on any atom is 0.251 e. The number of hydrogen-bond acceptors (Lipinski definition) is 5. The third-order valence-corrected chi connectivity index (χ3v) is 5.43. The minimum absolute atomic E-state index is 0.0584. The molecule has 2 heterocycles. The Morgan fingerprint density at radius 2 is 2.00 bits per heavy atom. The molecule has 1 amide bonds. The van der Waals surface area contributed by atoms with Gasteiger partial charge in [0.2, 0.25) is 10.0 Å². The van der Waals surface area contributed by atoms with Gasteiger partial charge in [0.25, 0.3) is 5.91 Å². The van der Waals surface area contributed by atoms with Crippen LogP contribution in [0.1, 0.15) is 28.7 Å². The lowest BCUT2D eigenvalue weighted by Crippen LogP contribution is -2.26. The van der Waals surface area contributed by atoms with Crippen LogP contribution in [-0.2, 0) is 16.6 Å². The van der Waals surface area contributed by atoms with Gasteiger partial charge in [0, 0.05) is 18.3 Å². The van der Waals surface area contributed by atoms with Crippen molar-refractivity contribution in [2.45, 2.75) is 25.3 Å². The fraction of sp³-hybridized carbons (Fsp3) is 0.235. The van der Waals surface area contributed by atoms with Crippen molar-refractivity contribution in [2.24, 2.45) is 0 Å². The molecule has 0 saturated heterocycles. The third kappa shape index (κ3) is 3.58. The van der Waals surface area contributed by atoms with Crippen molar-refractivity contribution in [2.75, 3.05) is 6.54 Å². The molecule has 136 valence electrons. The fourth-order valence-corrected chi connectivity index (χ4v) is 3.62. The average molecular weight is 373 g/mol. The molecule has 3 rings (SSSR count). The molecule has 0 unspecified atom stereocenters. The van der Waals surface area contributed by atoms with E-state index in [0.717, 1.165) is 0 Å². The molecule has 0 aliphatic carbocycles. The summed E-state index contributed by atoms with van der Waals surface area (Å²) in [5, 5.41) is 10.9. The molecule has 0 radical (unpaired) electrons.